The SMILES string of the molecule is CC(C)c1nccc(N2CCCNCC2)n1. The van der Waals surface area contributed by atoms with E-state index in [1.807, 2.05) is 12.3 Å². The topological polar surface area (TPSA) is 41.1 Å². The van der Waals surface area contributed by atoms with Crippen LogP contribution in [0.25, 0.3) is 0 Å². The molecule has 0 aliphatic carbocycles. The molecular weight excluding hydrogens is 200 g/mol. The molecule has 1 aromatic rings. The summed E-state index contributed by atoms with van der Waals surface area (Å²) in [5.74, 6) is 2.40. The first-order chi connectivity index (χ1) is 7.77. The Labute approximate surface area is 97.1 Å². The second-order valence-electron chi connectivity index (χ2n) is 4.52. The van der Waals surface area contributed by atoms with Crippen molar-refractivity contribution in [3.8, 4) is 0 Å². The summed E-state index contributed by atoms with van der Waals surface area (Å²) in [7, 11) is 0. The maximum absolute atomic E-state index is 4.62. The van der Waals surface area contributed by atoms with Crippen LogP contribution in [0.15, 0.2) is 12.3 Å². The molecule has 0 saturated carbocycles. The van der Waals surface area contributed by atoms with E-state index in [9.17, 15) is 0 Å². The molecule has 2 heterocycles. The fourth-order valence-electron chi connectivity index (χ4n) is 1.89. The van der Waals surface area contributed by atoms with E-state index in [4.69, 9.17) is 0 Å². The van der Waals surface area contributed by atoms with Crippen LogP contribution >= 0.6 is 0 Å². The van der Waals surface area contributed by atoms with Crippen molar-refractivity contribution >= 4 is 5.82 Å². The number of hydrogen-bond donors (Lipinski definition) is 1. The third kappa shape index (κ3) is 2.70. The Morgan fingerprint density at radius 1 is 1.31 bits per heavy atom. The van der Waals surface area contributed by atoms with E-state index in [0.717, 1.165) is 37.8 Å². The average molecular weight is 220 g/mol. The lowest BCUT2D eigenvalue weighted by Gasteiger charge is -2.21. The molecule has 0 aromatic carbocycles. The Morgan fingerprint density at radius 2 is 2.19 bits per heavy atom. The Morgan fingerprint density at radius 3 is 3.00 bits per heavy atom. The predicted octanol–water partition coefficient (Wildman–Crippen LogP) is 1.40. The molecule has 16 heavy (non-hydrogen) atoms. The van der Waals surface area contributed by atoms with Gasteiger partial charge in [0.05, 0.1) is 0 Å². The molecule has 88 valence electrons. The molecule has 1 N–H and O–H groups in total. The first kappa shape index (κ1) is 11.3. The van der Waals surface area contributed by atoms with Crippen molar-refractivity contribution in [3.05, 3.63) is 18.1 Å². The zero-order chi connectivity index (χ0) is 11.4. The van der Waals surface area contributed by atoms with Gasteiger partial charge in [0, 0.05) is 31.7 Å². The minimum absolute atomic E-state index is 0.394. The van der Waals surface area contributed by atoms with Crippen LogP contribution in [0.2, 0.25) is 0 Å². The van der Waals surface area contributed by atoms with Gasteiger partial charge in [-0.3, -0.25) is 0 Å². The van der Waals surface area contributed by atoms with Crippen LogP contribution < -0.4 is 10.2 Å². The van der Waals surface area contributed by atoms with E-state index in [1.54, 1.807) is 0 Å². The van der Waals surface area contributed by atoms with Crippen molar-refractivity contribution in [2.24, 2.45) is 0 Å². The molecule has 0 unspecified atom stereocenters. The molecule has 1 fully saturated rings. The molecule has 2 rings (SSSR count). The average Bonchev–Trinajstić information content (AvgIpc) is 2.57. The van der Waals surface area contributed by atoms with Crippen molar-refractivity contribution < 1.29 is 0 Å². The highest BCUT2D eigenvalue weighted by Gasteiger charge is 2.12. The van der Waals surface area contributed by atoms with Crippen LogP contribution in [0.4, 0.5) is 5.82 Å². The Hall–Kier alpha value is -1.16. The number of hydrogen-bond acceptors (Lipinski definition) is 4. The maximum atomic E-state index is 4.62. The second kappa shape index (κ2) is 5.25. The zero-order valence-corrected chi connectivity index (χ0v) is 10.1. The standard InChI is InChI=1S/C12H20N4/c1-10(2)12-14-6-4-11(15-12)16-8-3-5-13-7-9-16/h4,6,10,13H,3,5,7-9H2,1-2H3. The molecule has 4 nitrogen and oxygen atoms in total. The summed E-state index contributed by atoms with van der Waals surface area (Å²) in [6.45, 7) is 8.53. The Balaban J connectivity index is 2.15. The van der Waals surface area contributed by atoms with E-state index in [-0.39, 0.29) is 0 Å². The Kier molecular flexibility index (Phi) is 3.72. The minimum Gasteiger partial charge on any atom is -0.355 e. The predicted molar refractivity (Wildman–Crippen MR) is 65.8 cm³/mol. The van der Waals surface area contributed by atoms with Gasteiger partial charge < -0.3 is 10.2 Å². The number of aromatic nitrogens is 2. The first-order valence-electron chi connectivity index (χ1n) is 6.06. The van der Waals surface area contributed by atoms with E-state index in [2.05, 4.69) is 34.0 Å². The summed E-state index contributed by atoms with van der Waals surface area (Å²) < 4.78 is 0. The molecule has 0 spiro atoms. The fourth-order valence-corrected chi connectivity index (χ4v) is 1.89. The highest BCUT2D eigenvalue weighted by molar-refractivity contribution is 5.37. The molecule has 0 radical (unpaired) electrons. The maximum Gasteiger partial charge on any atom is 0.133 e. The molecule has 0 amide bonds. The third-order valence-corrected chi connectivity index (χ3v) is 2.84. The van der Waals surface area contributed by atoms with Crippen molar-refractivity contribution in [1.29, 1.82) is 0 Å². The van der Waals surface area contributed by atoms with Gasteiger partial charge in [0.25, 0.3) is 0 Å². The van der Waals surface area contributed by atoms with E-state index in [0.29, 0.717) is 5.92 Å². The van der Waals surface area contributed by atoms with Crippen LogP contribution in [-0.2, 0) is 0 Å². The van der Waals surface area contributed by atoms with E-state index in [1.165, 1.54) is 6.42 Å². The van der Waals surface area contributed by atoms with Gasteiger partial charge in [0.1, 0.15) is 11.6 Å². The van der Waals surface area contributed by atoms with Crippen LogP contribution in [0.1, 0.15) is 32.0 Å². The van der Waals surface area contributed by atoms with Crippen molar-refractivity contribution in [2.45, 2.75) is 26.2 Å². The van der Waals surface area contributed by atoms with Gasteiger partial charge in [0.15, 0.2) is 0 Å². The smallest absolute Gasteiger partial charge is 0.133 e. The highest BCUT2D eigenvalue weighted by atomic mass is 15.2. The molecule has 0 bridgehead atoms. The quantitative estimate of drug-likeness (QED) is 0.818. The van der Waals surface area contributed by atoms with Gasteiger partial charge >= 0.3 is 0 Å². The van der Waals surface area contributed by atoms with Crippen LogP contribution in [-0.4, -0.2) is 36.1 Å². The lowest BCUT2D eigenvalue weighted by Crippen LogP contribution is -2.28. The normalized spacial score (nSPS) is 17.6. The van der Waals surface area contributed by atoms with Crippen molar-refractivity contribution in [2.75, 3.05) is 31.1 Å². The summed E-state index contributed by atoms with van der Waals surface area (Å²) in [5.41, 5.74) is 0. The van der Waals surface area contributed by atoms with Crippen molar-refractivity contribution in [1.82, 2.24) is 15.3 Å². The molecule has 0 atom stereocenters. The monoisotopic (exact) mass is 220 g/mol. The third-order valence-electron chi connectivity index (χ3n) is 2.84. The summed E-state index contributed by atoms with van der Waals surface area (Å²) in [5, 5.41) is 3.40. The van der Waals surface area contributed by atoms with Gasteiger partial charge in [-0.15, -0.1) is 0 Å². The first-order valence-corrected chi connectivity index (χ1v) is 6.06. The van der Waals surface area contributed by atoms with Gasteiger partial charge in [0.2, 0.25) is 0 Å². The second-order valence-corrected chi connectivity index (χ2v) is 4.52. The summed E-state index contributed by atoms with van der Waals surface area (Å²) in [6, 6.07) is 2.01. The lowest BCUT2D eigenvalue weighted by molar-refractivity contribution is 0.724. The molecule has 1 aliphatic heterocycles. The van der Waals surface area contributed by atoms with Gasteiger partial charge in [-0.05, 0) is 19.0 Å². The fraction of sp³-hybridized carbons (Fsp3) is 0.667. The van der Waals surface area contributed by atoms with Crippen molar-refractivity contribution in [3.63, 3.8) is 0 Å². The van der Waals surface area contributed by atoms with Gasteiger partial charge in [-0.25, -0.2) is 9.97 Å². The zero-order valence-electron chi connectivity index (χ0n) is 10.1. The van der Waals surface area contributed by atoms with Gasteiger partial charge in [-0.1, -0.05) is 13.8 Å². The van der Waals surface area contributed by atoms with Crippen LogP contribution in [0.3, 0.4) is 0 Å². The molecular formula is C12H20N4. The summed E-state index contributed by atoms with van der Waals surface area (Å²) >= 11 is 0. The Bertz CT molecular complexity index is 330. The van der Waals surface area contributed by atoms with E-state index >= 15 is 0 Å². The van der Waals surface area contributed by atoms with Crippen LogP contribution in [0.5, 0.6) is 0 Å². The number of nitrogens with one attached hydrogen (secondary N) is 1. The summed E-state index contributed by atoms with van der Waals surface area (Å²) in [6.07, 6.45) is 3.05. The highest BCUT2D eigenvalue weighted by Crippen LogP contribution is 2.15. The lowest BCUT2D eigenvalue weighted by atomic mass is 10.2. The molecule has 1 saturated heterocycles. The van der Waals surface area contributed by atoms with E-state index < -0.39 is 0 Å². The summed E-state index contributed by atoms with van der Waals surface area (Å²) in [4.78, 5) is 11.3. The number of nitrogens with zero attached hydrogens (tertiary/aromatic N) is 3. The van der Waals surface area contributed by atoms with Gasteiger partial charge in [-0.2, -0.15) is 0 Å². The largest absolute Gasteiger partial charge is 0.355 e. The van der Waals surface area contributed by atoms with Crippen LogP contribution in [0, 0.1) is 0 Å². The molecule has 1 aromatic heterocycles. The molecule has 4 heteroatoms. The number of anilines is 1. The number of rotatable bonds is 2. The molecule has 1 aliphatic rings. The minimum atomic E-state index is 0.394.